The molecule has 0 bridgehead atoms. The molecule has 4 aromatic rings. The predicted molar refractivity (Wildman–Crippen MR) is 114 cm³/mol. The lowest BCUT2D eigenvalue weighted by atomic mass is 9.82. The van der Waals surface area contributed by atoms with E-state index in [1.54, 1.807) is 6.20 Å². The highest BCUT2D eigenvalue weighted by Crippen LogP contribution is 2.56. The molecule has 6 rings (SSSR count). The lowest BCUT2D eigenvalue weighted by Gasteiger charge is -2.26. The van der Waals surface area contributed by atoms with Gasteiger partial charge >= 0.3 is 0 Å². The number of pyridine rings is 1. The van der Waals surface area contributed by atoms with Gasteiger partial charge in [0.2, 0.25) is 0 Å². The molecule has 0 fully saturated rings. The predicted octanol–water partition coefficient (Wildman–Crippen LogP) is 6.95. The van der Waals surface area contributed by atoms with Crippen molar-refractivity contribution in [3.8, 4) is 45.3 Å². The van der Waals surface area contributed by atoms with E-state index in [1.807, 2.05) is 36.5 Å². The number of rotatable bonds is 1. The van der Waals surface area contributed by atoms with Gasteiger partial charge in [0, 0.05) is 28.9 Å². The fourth-order valence-electron chi connectivity index (χ4n) is 4.55. The highest BCUT2D eigenvalue weighted by molar-refractivity contribution is 5.84. The summed E-state index contributed by atoms with van der Waals surface area (Å²) in [5, 5.41) is 0. The second kappa shape index (κ2) is 5.71. The van der Waals surface area contributed by atoms with Crippen LogP contribution in [0.2, 0.25) is 0 Å². The van der Waals surface area contributed by atoms with E-state index in [-0.39, 0.29) is 5.41 Å². The van der Waals surface area contributed by atoms with Crippen LogP contribution in [0.1, 0.15) is 25.0 Å². The molecule has 3 nitrogen and oxygen atoms in total. The van der Waals surface area contributed by atoms with Crippen molar-refractivity contribution in [2.45, 2.75) is 19.3 Å². The minimum absolute atomic E-state index is 0.0673. The van der Waals surface area contributed by atoms with Crippen molar-refractivity contribution in [2.75, 3.05) is 0 Å². The van der Waals surface area contributed by atoms with Crippen LogP contribution in [0.5, 0.6) is 23.0 Å². The van der Waals surface area contributed by atoms with E-state index in [4.69, 9.17) is 9.47 Å². The van der Waals surface area contributed by atoms with Crippen LogP contribution in [-0.4, -0.2) is 4.98 Å². The zero-order chi connectivity index (χ0) is 19.6. The molecule has 0 atom stereocenters. The van der Waals surface area contributed by atoms with Gasteiger partial charge in [-0.25, -0.2) is 0 Å². The Hall–Kier alpha value is -3.59. The van der Waals surface area contributed by atoms with Gasteiger partial charge in [-0.15, -0.1) is 0 Å². The maximum absolute atomic E-state index is 6.42. The summed E-state index contributed by atoms with van der Waals surface area (Å²) in [6.07, 6.45) is 3.62. The zero-order valence-corrected chi connectivity index (χ0v) is 16.3. The van der Waals surface area contributed by atoms with E-state index in [0.29, 0.717) is 0 Å². The van der Waals surface area contributed by atoms with E-state index < -0.39 is 0 Å². The molecule has 0 unspecified atom stereocenters. The third kappa shape index (κ3) is 2.27. The van der Waals surface area contributed by atoms with Gasteiger partial charge in [-0.05, 0) is 46.5 Å². The molecule has 0 radical (unpaired) electrons. The van der Waals surface area contributed by atoms with Gasteiger partial charge < -0.3 is 9.47 Å². The van der Waals surface area contributed by atoms with Gasteiger partial charge in [0.05, 0.1) is 0 Å². The lowest BCUT2D eigenvalue weighted by Crippen LogP contribution is -2.15. The molecule has 0 N–H and O–H groups in total. The van der Waals surface area contributed by atoms with Crippen LogP contribution in [0.3, 0.4) is 0 Å². The summed E-state index contributed by atoms with van der Waals surface area (Å²) in [7, 11) is 0. The fraction of sp³-hybridized carbons (Fsp3) is 0.115. The Morgan fingerprint density at radius 1 is 0.690 bits per heavy atom. The van der Waals surface area contributed by atoms with Crippen LogP contribution < -0.4 is 9.47 Å². The Bertz CT molecular complexity index is 1280. The van der Waals surface area contributed by atoms with Gasteiger partial charge in [0.25, 0.3) is 0 Å². The van der Waals surface area contributed by atoms with Gasteiger partial charge in [-0.1, -0.05) is 56.3 Å². The Morgan fingerprint density at radius 3 is 2.38 bits per heavy atom. The molecule has 0 saturated heterocycles. The first kappa shape index (κ1) is 16.4. The van der Waals surface area contributed by atoms with E-state index in [2.05, 4.69) is 55.2 Å². The van der Waals surface area contributed by atoms with Crippen LogP contribution in [0.25, 0.3) is 22.3 Å². The highest BCUT2D eigenvalue weighted by atomic mass is 16.6. The van der Waals surface area contributed by atoms with Crippen molar-refractivity contribution in [3.05, 3.63) is 90.3 Å². The highest BCUT2D eigenvalue weighted by Gasteiger charge is 2.37. The standard InChI is InChI=1S/C26H19NO2/c1-26(2)20-10-4-3-8-18(20)19-13-23-24(14-21(19)26)28-22-11-5-9-17(25(22)29-23)16-7-6-12-27-15-16/h3-15H,1-2H3. The number of para-hydroxylation sites is 1. The summed E-state index contributed by atoms with van der Waals surface area (Å²) >= 11 is 0. The van der Waals surface area contributed by atoms with E-state index in [0.717, 1.165) is 34.1 Å². The minimum Gasteiger partial charge on any atom is -0.449 e. The molecule has 2 aliphatic rings. The topological polar surface area (TPSA) is 31.4 Å². The number of hydrogen-bond acceptors (Lipinski definition) is 3. The van der Waals surface area contributed by atoms with Crippen molar-refractivity contribution in [1.29, 1.82) is 0 Å². The van der Waals surface area contributed by atoms with E-state index in [1.165, 1.54) is 22.3 Å². The molecule has 3 aromatic carbocycles. The van der Waals surface area contributed by atoms with Crippen LogP contribution >= 0.6 is 0 Å². The van der Waals surface area contributed by atoms with Crippen molar-refractivity contribution in [2.24, 2.45) is 0 Å². The second-order valence-corrected chi connectivity index (χ2v) is 8.09. The third-order valence-corrected chi connectivity index (χ3v) is 6.03. The molecule has 1 aliphatic carbocycles. The fourth-order valence-corrected chi connectivity index (χ4v) is 4.55. The lowest BCUT2D eigenvalue weighted by molar-refractivity contribution is 0.360. The summed E-state index contributed by atoms with van der Waals surface area (Å²) in [5.41, 5.74) is 7.01. The molecule has 0 amide bonds. The molecular formula is C26H19NO2. The first-order valence-electron chi connectivity index (χ1n) is 9.80. The maximum Gasteiger partial charge on any atom is 0.178 e. The monoisotopic (exact) mass is 377 g/mol. The van der Waals surface area contributed by atoms with Gasteiger partial charge in [0.1, 0.15) is 0 Å². The molecule has 1 aromatic heterocycles. The first-order chi connectivity index (χ1) is 14.1. The Labute approximate surface area is 169 Å². The van der Waals surface area contributed by atoms with Gasteiger partial charge in [-0.3, -0.25) is 4.98 Å². The second-order valence-electron chi connectivity index (χ2n) is 8.09. The number of ether oxygens (including phenoxy) is 2. The molecular weight excluding hydrogens is 358 g/mol. The van der Waals surface area contributed by atoms with Gasteiger partial charge in [0.15, 0.2) is 23.0 Å². The summed E-state index contributed by atoms with van der Waals surface area (Å²) < 4.78 is 12.7. The van der Waals surface area contributed by atoms with Crippen LogP contribution in [0, 0.1) is 0 Å². The normalized spacial score (nSPS) is 14.7. The largest absolute Gasteiger partial charge is 0.449 e. The number of hydrogen-bond donors (Lipinski definition) is 0. The maximum atomic E-state index is 6.42. The molecule has 140 valence electrons. The number of nitrogens with zero attached hydrogens (tertiary/aromatic N) is 1. The van der Waals surface area contributed by atoms with E-state index in [9.17, 15) is 0 Å². The number of aromatic nitrogens is 1. The van der Waals surface area contributed by atoms with Crippen molar-refractivity contribution in [3.63, 3.8) is 0 Å². The van der Waals surface area contributed by atoms with Crippen LogP contribution in [0.15, 0.2) is 79.1 Å². The third-order valence-electron chi connectivity index (χ3n) is 6.03. The average Bonchev–Trinajstić information content (AvgIpc) is 2.98. The molecule has 0 saturated carbocycles. The number of benzene rings is 3. The SMILES string of the molecule is CC1(C)c2ccccc2-c2cc3c(cc21)Oc1cccc(-c2cccnc2)c1O3. The summed E-state index contributed by atoms with van der Waals surface area (Å²) in [5.74, 6) is 2.98. The van der Waals surface area contributed by atoms with Gasteiger partial charge in [-0.2, -0.15) is 0 Å². The van der Waals surface area contributed by atoms with Crippen LogP contribution in [-0.2, 0) is 5.41 Å². The molecule has 0 spiro atoms. The average molecular weight is 377 g/mol. The quantitative estimate of drug-likeness (QED) is 0.317. The Kier molecular flexibility index (Phi) is 3.22. The Balaban J connectivity index is 1.52. The van der Waals surface area contributed by atoms with E-state index >= 15 is 0 Å². The molecule has 3 heteroatoms. The summed E-state index contributed by atoms with van der Waals surface area (Å²) in [4.78, 5) is 4.25. The molecule has 29 heavy (non-hydrogen) atoms. The first-order valence-corrected chi connectivity index (χ1v) is 9.80. The summed E-state index contributed by atoms with van der Waals surface area (Å²) in [6, 6.07) is 22.8. The molecule has 1 aliphatic heterocycles. The summed E-state index contributed by atoms with van der Waals surface area (Å²) in [6.45, 7) is 4.53. The minimum atomic E-state index is -0.0673. The van der Waals surface area contributed by atoms with Crippen LogP contribution in [0.4, 0.5) is 0 Å². The smallest absolute Gasteiger partial charge is 0.178 e. The van der Waals surface area contributed by atoms with Crippen molar-refractivity contribution >= 4 is 0 Å². The zero-order valence-electron chi connectivity index (χ0n) is 16.3. The van der Waals surface area contributed by atoms with Crippen molar-refractivity contribution in [1.82, 2.24) is 4.98 Å². The molecule has 2 heterocycles. The Morgan fingerprint density at radius 2 is 1.52 bits per heavy atom. The van der Waals surface area contributed by atoms with Crippen molar-refractivity contribution < 1.29 is 9.47 Å². The number of fused-ring (bicyclic) bond motifs is 5.